The average molecular weight is 389 g/mol. The number of fused-ring (bicyclic) bond motifs is 1. The van der Waals surface area contributed by atoms with Crippen molar-refractivity contribution in [1.82, 2.24) is 15.3 Å². The predicted octanol–water partition coefficient (Wildman–Crippen LogP) is 5.11. The fourth-order valence-corrected chi connectivity index (χ4v) is 3.04. The Hall–Kier alpha value is -1.91. The monoisotopic (exact) mass is 387 g/mol. The second-order valence-electron chi connectivity index (χ2n) is 5.23. The largest absolute Gasteiger partial charge is 0.380 e. The number of hydrogen-bond acceptors (Lipinski definition) is 3. The van der Waals surface area contributed by atoms with Crippen molar-refractivity contribution in [2.24, 2.45) is 0 Å². The summed E-state index contributed by atoms with van der Waals surface area (Å²) in [6, 6.07) is 11.6. The van der Waals surface area contributed by atoms with Crippen molar-refractivity contribution in [1.29, 1.82) is 0 Å². The number of pyridine rings is 2. The highest BCUT2D eigenvalue weighted by Gasteiger charge is 2.12. The molecule has 23 heavy (non-hydrogen) atoms. The zero-order chi connectivity index (χ0) is 16.4. The van der Waals surface area contributed by atoms with Crippen molar-refractivity contribution < 1.29 is 0 Å². The number of rotatable bonds is 4. The maximum Gasteiger partial charge on any atom is 0.116 e. The molecule has 1 N–H and O–H groups in total. The van der Waals surface area contributed by atoms with Crippen LogP contribution < -0.4 is 5.32 Å². The van der Waals surface area contributed by atoms with E-state index >= 15 is 0 Å². The lowest BCUT2D eigenvalue weighted by molar-refractivity contribution is 0.883. The van der Waals surface area contributed by atoms with Crippen LogP contribution in [0.4, 0.5) is 0 Å². The Labute approximate surface area is 148 Å². The molecule has 0 aliphatic carbocycles. The van der Waals surface area contributed by atoms with Crippen molar-refractivity contribution >= 4 is 44.1 Å². The molecular weight excluding hydrogens is 374 g/mol. The number of aryl methyl sites for hydroxylation is 1. The van der Waals surface area contributed by atoms with E-state index in [1.54, 1.807) is 6.20 Å². The molecule has 5 heteroatoms. The zero-order valence-electron chi connectivity index (χ0n) is 12.6. The molecule has 1 aromatic carbocycles. The molecule has 0 atom stereocenters. The first-order chi connectivity index (χ1) is 11.1. The van der Waals surface area contributed by atoms with Gasteiger partial charge in [-0.25, -0.2) is 4.98 Å². The first kappa shape index (κ1) is 16.0. The summed E-state index contributed by atoms with van der Waals surface area (Å²) in [5, 5.41) is 5.05. The second kappa shape index (κ2) is 6.69. The summed E-state index contributed by atoms with van der Waals surface area (Å²) in [7, 11) is 0. The van der Waals surface area contributed by atoms with Crippen LogP contribution in [0, 0.1) is 6.92 Å². The van der Waals surface area contributed by atoms with E-state index in [1.807, 2.05) is 43.3 Å². The number of hydrogen-bond donors (Lipinski definition) is 1. The minimum atomic E-state index is 0.662. The van der Waals surface area contributed by atoms with E-state index in [0.717, 1.165) is 43.0 Å². The standard InChI is InChI=1S/C18H15BrClN3/c1-11-16(23-18(19)15-4-3-9-21-17(11)15)12(2)22-10-13-5-7-14(20)8-6-13/h3-9,22H,2,10H2,1H3. The van der Waals surface area contributed by atoms with Gasteiger partial charge in [-0.3, -0.25) is 4.98 Å². The lowest BCUT2D eigenvalue weighted by Gasteiger charge is -2.14. The third-order valence-electron chi connectivity index (χ3n) is 3.66. The van der Waals surface area contributed by atoms with Crippen LogP contribution >= 0.6 is 27.5 Å². The Bertz CT molecular complexity index is 875. The SMILES string of the molecule is C=C(NCc1ccc(Cl)cc1)c1nc(Br)c2cccnc2c1C. The molecule has 0 unspecified atom stereocenters. The van der Waals surface area contributed by atoms with E-state index in [-0.39, 0.29) is 0 Å². The Kier molecular flexibility index (Phi) is 4.64. The van der Waals surface area contributed by atoms with Crippen molar-refractivity contribution in [3.8, 4) is 0 Å². The van der Waals surface area contributed by atoms with Crippen LogP contribution in [0.3, 0.4) is 0 Å². The van der Waals surface area contributed by atoms with Gasteiger partial charge in [-0.05, 0) is 52.7 Å². The highest BCUT2D eigenvalue weighted by Crippen LogP contribution is 2.27. The highest BCUT2D eigenvalue weighted by atomic mass is 79.9. The van der Waals surface area contributed by atoms with Crippen molar-refractivity contribution in [2.75, 3.05) is 0 Å². The molecule has 0 bridgehead atoms. The quantitative estimate of drug-likeness (QED) is 0.631. The fourth-order valence-electron chi connectivity index (χ4n) is 2.41. The van der Waals surface area contributed by atoms with Gasteiger partial charge in [0.25, 0.3) is 0 Å². The third-order valence-corrected chi connectivity index (χ3v) is 4.51. The van der Waals surface area contributed by atoms with E-state index in [4.69, 9.17) is 11.6 Å². The fraction of sp³-hybridized carbons (Fsp3) is 0.111. The minimum absolute atomic E-state index is 0.662. The van der Waals surface area contributed by atoms with Gasteiger partial charge in [0, 0.05) is 28.7 Å². The number of aromatic nitrogens is 2. The zero-order valence-corrected chi connectivity index (χ0v) is 14.9. The smallest absolute Gasteiger partial charge is 0.116 e. The molecule has 0 saturated heterocycles. The van der Waals surface area contributed by atoms with Crippen LogP contribution in [-0.2, 0) is 6.54 Å². The van der Waals surface area contributed by atoms with E-state index in [1.165, 1.54) is 0 Å². The van der Waals surface area contributed by atoms with Gasteiger partial charge in [0.05, 0.1) is 16.9 Å². The summed E-state index contributed by atoms with van der Waals surface area (Å²) >= 11 is 9.42. The van der Waals surface area contributed by atoms with Crippen LogP contribution in [0.15, 0.2) is 53.8 Å². The van der Waals surface area contributed by atoms with Gasteiger partial charge in [-0.1, -0.05) is 30.3 Å². The van der Waals surface area contributed by atoms with Gasteiger partial charge < -0.3 is 5.32 Å². The van der Waals surface area contributed by atoms with Crippen molar-refractivity contribution in [2.45, 2.75) is 13.5 Å². The summed E-state index contributed by atoms with van der Waals surface area (Å²) in [6.45, 7) is 6.79. The average Bonchev–Trinajstić information content (AvgIpc) is 2.57. The van der Waals surface area contributed by atoms with Gasteiger partial charge in [-0.2, -0.15) is 0 Å². The Balaban J connectivity index is 1.86. The molecule has 116 valence electrons. The van der Waals surface area contributed by atoms with E-state index < -0.39 is 0 Å². The Morgan fingerprint density at radius 2 is 2.00 bits per heavy atom. The lowest BCUT2D eigenvalue weighted by atomic mass is 10.1. The molecule has 2 heterocycles. The summed E-state index contributed by atoms with van der Waals surface area (Å²) in [6.07, 6.45) is 1.79. The van der Waals surface area contributed by atoms with Gasteiger partial charge in [-0.15, -0.1) is 0 Å². The molecule has 2 aromatic heterocycles. The summed E-state index contributed by atoms with van der Waals surface area (Å²) in [4.78, 5) is 9.08. The molecule has 0 aliphatic heterocycles. The molecule has 3 rings (SSSR count). The minimum Gasteiger partial charge on any atom is -0.380 e. The maximum absolute atomic E-state index is 5.90. The van der Waals surface area contributed by atoms with Gasteiger partial charge >= 0.3 is 0 Å². The lowest BCUT2D eigenvalue weighted by Crippen LogP contribution is -2.13. The van der Waals surface area contributed by atoms with Gasteiger partial charge in [0.2, 0.25) is 0 Å². The molecule has 0 radical (unpaired) electrons. The van der Waals surface area contributed by atoms with Crippen LogP contribution in [0.25, 0.3) is 16.6 Å². The van der Waals surface area contributed by atoms with Gasteiger partial charge in [0.15, 0.2) is 0 Å². The normalized spacial score (nSPS) is 10.7. The van der Waals surface area contributed by atoms with Crippen molar-refractivity contribution in [3.63, 3.8) is 0 Å². The summed E-state index contributed by atoms with van der Waals surface area (Å²) in [5.41, 5.74) is 4.66. The van der Waals surface area contributed by atoms with Gasteiger partial charge in [0.1, 0.15) is 4.60 Å². The molecular formula is C18H15BrClN3. The third kappa shape index (κ3) is 3.38. The van der Waals surface area contributed by atoms with E-state index in [0.29, 0.717) is 6.54 Å². The number of nitrogens with one attached hydrogen (secondary N) is 1. The Morgan fingerprint density at radius 3 is 2.74 bits per heavy atom. The molecule has 3 nitrogen and oxygen atoms in total. The van der Waals surface area contributed by atoms with Crippen LogP contribution in [-0.4, -0.2) is 9.97 Å². The molecule has 0 fully saturated rings. The first-order valence-corrected chi connectivity index (χ1v) is 8.32. The van der Waals surface area contributed by atoms with Crippen LogP contribution in [0.1, 0.15) is 16.8 Å². The second-order valence-corrected chi connectivity index (χ2v) is 6.42. The number of nitrogens with zero attached hydrogens (tertiary/aromatic N) is 2. The maximum atomic E-state index is 5.90. The summed E-state index contributed by atoms with van der Waals surface area (Å²) in [5.74, 6) is 0. The van der Waals surface area contributed by atoms with Crippen molar-refractivity contribution in [3.05, 3.63) is 75.6 Å². The van der Waals surface area contributed by atoms with Crippen LogP contribution in [0.5, 0.6) is 0 Å². The summed E-state index contributed by atoms with van der Waals surface area (Å²) < 4.78 is 0.774. The molecule has 0 aliphatic rings. The number of halogens is 2. The first-order valence-electron chi connectivity index (χ1n) is 7.14. The van der Waals surface area contributed by atoms with E-state index in [2.05, 4.69) is 37.8 Å². The molecule has 0 amide bonds. The predicted molar refractivity (Wildman–Crippen MR) is 99.3 cm³/mol. The van der Waals surface area contributed by atoms with Crippen LogP contribution in [0.2, 0.25) is 5.02 Å². The number of benzene rings is 1. The molecule has 3 aromatic rings. The molecule has 0 saturated carbocycles. The highest BCUT2D eigenvalue weighted by molar-refractivity contribution is 9.10. The topological polar surface area (TPSA) is 37.8 Å². The molecule has 0 spiro atoms. The Morgan fingerprint density at radius 1 is 1.26 bits per heavy atom. The van der Waals surface area contributed by atoms with E-state index in [9.17, 15) is 0 Å².